The third-order valence-corrected chi connectivity index (χ3v) is 5.56. The van der Waals surface area contributed by atoms with E-state index in [1.165, 1.54) is 25.5 Å². The van der Waals surface area contributed by atoms with E-state index in [1.807, 2.05) is 32.0 Å². The zero-order valence-corrected chi connectivity index (χ0v) is 19.2. The van der Waals surface area contributed by atoms with Crippen LogP contribution in [-0.4, -0.2) is 28.3 Å². The first-order valence-corrected chi connectivity index (χ1v) is 10.1. The molecule has 0 fully saturated rings. The molecule has 2 rings (SSSR count). The molecule has 3 N–H and O–H groups in total. The number of aryl methyl sites for hydroxylation is 1. The van der Waals surface area contributed by atoms with Crippen LogP contribution in [0, 0.1) is 11.6 Å². The van der Waals surface area contributed by atoms with Crippen LogP contribution < -0.4 is 5.32 Å². The van der Waals surface area contributed by atoms with Crippen LogP contribution in [0.15, 0.2) is 42.5 Å². The lowest BCUT2D eigenvalue weighted by molar-refractivity contribution is -0.142. The van der Waals surface area contributed by atoms with E-state index in [2.05, 4.69) is 17.4 Å². The number of hydrogen-bond acceptors (Lipinski definition) is 3. The highest BCUT2D eigenvalue weighted by Gasteiger charge is 2.32. The Balaban J connectivity index is 0.00000480. The molecule has 0 spiro atoms. The molecule has 0 amide bonds. The molecule has 2 aromatic carbocycles. The molecule has 0 aromatic heterocycles. The molecule has 0 heterocycles. The minimum atomic E-state index is -1.41. The van der Waals surface area contributed by atoms with Gasteiger partial charge in [-0.2, -0.15) is 0 Å². The fourth-order valence-electron chi connectivity index (χ4n) is 3.29. The van der Waals surface area contributed by atoms with Gasteiger partial charge < -0.3 is 15.5 Å². The van der Waals surface area contributed by atoms with E-state index in [4.69, 9.17) is 0 Å². The Kier molecular flexibility index (Phi) is 9.61. The average Bonchev–Trinajstić information content (AvgIpc) is 2.68. The van der Waals surface area contributed by atoms with Crippen LogP contribution in [0.5, 0.6) is 0 Å². The molecule has 1 atom stereocenters. The normalized spacial score (nSPS) is 12.9. The summed E-state index contributed by atoms with van der Waals surface area (Å²) in [7, 11) is 0. The first-order chi connectivity index (χ1) is 13.9. The maximum atomic E-state index is 14.3. The fraction of sp³-hybridized carbons (Fsp3) is 0.458. The highest BCUT2D eigenvalue weighted by molar-refractivity contribution is 5.85. The van der Waals surface area contributed by atoms with E-state index in [0.29, 0.717) is 0 Å². The average molecular weight is 456 g/mol. The maximum absolute atomic E-state index is 14.3. The molecule has 31 heavy (non-hydrogen) atoms. The Hall–Kier alpha value is -2.02. The third kappa shape index (κ3) is 7.27. The summed E-state index contributed by atoms with van der Waals surface area (Å²) in [6.07, 6.45) is 1.39. The van der Waals surface area contributed by atoms with Crippen molar-refractivity contribution in [2.45, 2.75) is 64.0 Å². The maximum Gasteiger partial charge on any atom is 0.313 e. The quantitative estimate of drug-likeness (QED) is 0.462. The lowest BCUT2D eigenvalue weighted by atomic mass is 9.83. The Morgan fingerprint density at radius 2 is 1.71 bits per heavy atom. The summed E-state index contributed by atoms with van der Waals surface area (Å²) in [5.41, 5.74) is -0.615. The van der Waals surface area contributed by atoms with Gasteiger partial charge in [0.1, 0.15) is 0 Å². The highest BCUT2D eigenvalue weighted by atomic mass is 35.5. The molecular weight excluding hydrogens is 424 g/mol. The number of carboxylic acid groups (broad SMARTS) is 1. The van der Waals surface area contributed by atoms with E-state index in [1.54, 1.807) is 0 Å². The van der Waals surface area contributed by atoms with Crippen LogP contribution in [-0.2, 0) is 16.6 Å². The molecule has 172 valence electrons. The molecule has 4 nitrogen and oxygen atoms in total. The molecule has 0 aliphatic rings. The van der Waals surface area contributed by atoms with Crippen LogP contribution in [0.3, 0.4) is 0 Å². The number of aliphatic hydroxyl groups is 1. The van der Waals surface area contributed by atoms with Crippen molar-refractivity contribution >= 4 is 18.4 Å². The number of aliphatic carboxylic acids is 1. The van der Waals surface area contributed by atoms with Crippen LogP contribution in [0.25, 0.3) is 0 Å². The first kappa shape index (κ1) is 27.0. The number of hydrogen-bond donors (Lipinski definition) is 3. The molecule has 0 aliphatic heterocycles. The predicted octanol–water partition coefficient (Wildman–Crippen LogP) is 5.17. The van der Waals surface area contributed by atoms with Gasteiger partial charge in [0.15, 0.2) is 11.6 Å². The van der Waals surface area contributed by atoms with Gasteiger partial charge in [-0.05, 0) is 70.2 Å². The number of rotatable bonds is 10. The summed E-state index contributed by atoms with van der Waals surface area (Å²) in [4.78, 5) is 11.5. The molecule has 0 radical (unpaired) electrons. The topological polar surface area (TPSA) is 69.6 Å². The van der Waals surface area contributed by atoms with Crippen molar-refractivity contribution in [1.82, 2.24) is 5.32 Å². The first-order valence-electron chi connectivity index (χ1n) is 10.1. The number of carbonyl (C=O) groups is 1. The summed E-state index contributed by atoms with van der Waals surface area (Å²) < 4.78 is 28.4. The fourth-order valence-corrected chi connectivity index (χ4v) is 3.29. The monoisotopic (exact) mass is 455 g/mol. The second-order valence-electron chi connectivity index (χ2n) is 8.91. The third-order valence-electron chi connectivity index (χ3n) is 5.56. The molecule has 0 bridgehead atoms. The molecule has 2 aromatic rings. The van der Waals surface area contributed by atoms with Crippen molar-refractivity contribution in [3.8, 4) is 0 Å². The van der Waals surface area contributed by atoms with Gasteiger partial charge >= 0.3 is 5.97 Å². The summed E-state index contributed by atoms with van der Waals surface area (Å²) in [5.74, 6) is -3.49. The Labute approximate surface area is 189 Å². The Morgan fingerprint density at radius 1 is 1.10 bits per heavy atom. The lowest BCUT2D eigenvalue weighted by Crippen LogP contribution is -2.41. The van der Waals surface area contributed by atoms with E-state index >= 15 is 0 Å². The SMILES string of the molecule is CC(C)(CCCc1ccccc1)NC[C@@H](O)c1cc(C(C)(C)C(=O)O)cc(F)c1F.Cl. The van der Waals surface area contributed by atoms with Crippen LogP contribution in [0.1, 0.15) is 63.3 Å². The van der Waals surface area contributed by atoms with Gasteiger partial charge in [-0.1, -0.05) is 30.3 Å². The molecule has 0 aliphatic carbocycles. The zero-order chi connectivity index (χ0) is 22.5. The van der Waals surface area contributed by atoms with Crippen molar-refractivity contribution in [3.63, 3.8) is 0 Å². The minimum absolute atomic E-state index is 0. The lowest BCUT2D eigenvalue weighted by Gasteiger charge is -2.28. The van der Waals surface area contributed by atoms with Gasteiger partial charge in [0.05, 0.1) is 11.5 Å². The highest BCUT2D eigenvalue weighted by Crippen LogP contribution is 2.30. The smallest absolute Gasteiger partial charge is 0.313 e. The number of nitrogens with one attached hydrogen (secondary N) is 1. The molecule has 0 saturated heterocycles. The summed E-state index contributed by atoms with van der Waals surface area (Å²) >= 11 is 0. The van der Waals surface area contributed by atoms with Crippen LogP contribution in [0.4, 0.5) is 8.78 Å². The van der Waals surface area contributed by atoms with Gasteiger partial charge in [0.2, 0.25) is 0 Å². The number of β-amino-alcohol motifs (C(OH)–C–C–N with tert-alkyl or cyclic N) is 1. The van der Waals surface area contributed by atoms with Crippen molar-refractivity contribution in [3.05, 3.63) is 70.8 Å². The zero-order valence-electron chi connectivity index (χ0n) is 18.4. The molecule has 0 unspecified atom stereocenters. The molecular formula is C24H32ClF2NO3. The number of aliphatic hydroxyl groups excluding tert-OH is 1. The van der Waals surface area contributed by atoms with Gasteiger partial charge in [0.25, 0.3) is 0 Å². The van der Waals surface area contributed by atoms with Gasteiger partial charge in [-0.25, -0.2) is 8.78 Å². The summed E-state index contributed by atoms with van der Waals surface area (Å²) in [5, 5.41) is 23.1. The van der Waals surface area contributed by atoms with Crippen molar-refractivity contribution in [2.24, 2.45) is 0 Å². The molecule has 7 heteroatoms. The van der Waals surface area contributed by atoms with Gasteiger partial charge in [0, 0.05) is 17.6 Å². The standard InChI is InChI=1S/C24H31F2NO3.ClH/c1-23(2,12-8-11-16-9-6-5-7-10-16)27-15-20(28)18-13-17(14-19(25)21(18)26)24(3,4)22(29)30;/h5-7,9-10,13-14,20,27-28H,8,11-12,15H2,1-4H3,(H,29,30);1H/t20-;/m1./s1. The van der Waals surface area contributed by atoms with E-state index in [0.717, 1.165) is 25.3 Å². The molecule has 0 saturated carbocycles. The summed E-state index contributed by atoms with van der Waals surface area (Å²) in [6.45, 7) is 6.82. The summed E-state index contributed by atoms with van der Waals surface area (Å²) in [6, 6.07) is 12.2. The van der Waals surface area contributed by atoms with E-state index < -0.39 is 29.1 Å². The van der Waals surface area contributed by atoms with Gasteiger partial charge in [-0.3, -0.25) is 4.79 Å². The van der Waals surface area contributed by atoms with Crippen LogP contribution >= 0.6 is 12.4 Å². The van der Waals surface area contributed by atoms with E-state index in [9.17, 15) is 23.8 Å². The number of carboxylic acids is 1. The van der Waals surface area contributed by atoms with Crippen molar-refractivity contribution in [1.29, 1.82) is 0 Å². The van der Waals surface area contributed by atoms with Crippen molar-refractivity contribution in [2.75, 3.05) is 6.54 Å². The largest absolute Gasteiger partial charge is 0.481 e. The second-order valence-corrected chi connectivity index (χ2v) is 8.91. The number of benzene rings is 2. The van der Waals surface area contributed by atoms with E-state index in [-0.39, 0.29) is 35.6 Å². The van der Waals surface area contributed by atoms with Crippen LogP contribution in [0.2, 0.25) is 0 Å². The predicted molar refractivity (Wildman–Crippen MR) is 121 cm³/mol. The number of halogens is 3. The Morgan fingerprint density at radius 3 is 2.29 bits per heavy atom. The second kappa shape index (κ2) is 11.0. The Bertz CT molecular complexity index is 873. The van der Waals surface area contributed by atoms with Crippen molar-refractivity contribution < 1.29 is 23.8 Å². The minimum Gasteiger partial charge on any atom is -0.481 e. The van der Waals surface area contributed by atoms with Gasteiger partial charge in [-0.15, -0.1) is 12.4 Å².